The van der Waals surface area contributed by atoms with E-state index < -0.39 is 0 Å². The van der Waals surface area contributed by atoms with Gasteiger partial charge in [-0.3, -0.25) is 10.1 Å². The molecular formula is C11H8FN3OS. The number of carbonyl (C=O) groups is 1. The van der Waals surface area contributed by atoms with Crippen molar-refractivity contribution < 1.29 is 9.18 Å². The minimum Gasteiger partial charge on any atom is -0.297 e. The van der Waals surface area contributed by atoms with Crippen LogP contribution in [0, 0.1) is 5.82 Å². The topological polar surface area (TPSA) is 54.9 Å². The van der Waals surface area contributed by atoms with Crippen LogP contribution in [0.3, 0.4) is 0 Å². The largest absolute Gasteiger partial charge is 0.297 e. The molecule has 1 heterocycles. The van der Waals surface area contributed by atoms with Crippen molar-refractivity contribution in [3.05, 3.63) is 42.7 Å². The van der Waals surface area contributed by atoms with E-state index in [0.717, 1.165) is 11.6 Å². The standard InChI is InChI=1S/C11H8FN3OS/c1-2-9(16)13-11-15-14-10(17-11)7-3-5-8(12)6-4-7/h2-6H,1H2,(H,13,15,16). The van der Waals surface area contributed by atoms with E-state index in [1.807, 2.05) is 0 Å². The third-order valence-electron chi connectivity index (χ3n) is 1.93. The predicted octanol–water partition coefficient (Wildman–Crippen LogP) is 2.47. The van der Waals surface area contributed by atoms with E-state index in [2.05, 4.69) is 22.1 Å². The average Bonchev–Trinajstić information content (AvgIpc) is 2.78. The molecule has 1 N–H and O–H groups in total. The van der Waals surface area contributed by atoms with Crippen LogP contribution in [0.1, 0.15) is 0 Å². The Bertz CT molecular complexity index is 550. The summed E-state index contributed by atoms with van der Waals surface area (Å²) in [7, 11) is 0. The summed E-state index contributed by atoms with van der Waals surface area (Å²) in [6.07, 6.45) is 1.15. The van der Waals surface area contributed by atoms with Gasteiger partial charge in [0.25, 0.3) is 0 Å². The molecule has 0 fully saturated rings. The zero-order chi connectivity index (χ0) is 12.3. The Morgan fingerprint density at radius 2 is 2.06 bits per heavy atom. The molecule has 0 saturated carbocycles. The highest BCUT2D eigenvalue weighted by atomic mass is 32.1. The van der Waals surface area contributed by atoms with Gasteiger partial charge >= 0.3 is 0 Å². The first-order valence-corrected chi connectivity index (χ1v) is 5.53. The van der Waals surface area contributed by atoms with Gasteiger partial charge in [0.1, 0.15) is 10.8 Å². The van der Waals surface area contributed by atoms with Gasteiger partial charge in [0.15, 0.2) is 0 Å². The quantitative estimate of drug-likeness (QED) is 0.850. The Hall–Kier alpha value is -2.08. The third kappa shape index (κ3) is 2.73. The van der Waals surface area contributed by atoms with Crippen LogP contribution >= 0.6 is 11.3 Å². The molecule has 1 aromatic carbocycles. The maximum Gasteiger partial charge on any atom is 0.249 e. The van der Waals surface area contributed by atoms with Crippen LogP contribution < -0.4 is 5.32 Å². The van der Waals surface area contributed by atoms with Gasteiger partial charge in [-0.15, -0.1) is 10.2 Å². The molecule has 0 aliphatic rings. The minimum atomic E-state index is -0.341. The fourth-order valence-corrected chi connectivity index (χ4v) is 1.89. The molecule has 0 atom stereocenters. The number of aromatic nitrogens is 2. The zero-order valence-electron chi connectivity index (χ0n) is 8.68. The highest BCUT2D eigenvalue weighted by Gasteiger charge is 2.07. The molecule has 0 bridgehead atoms. The normalized spacial score (nSPS) is 9.94. The molecule has 6 heteroatoms. The maximum atomic E-state index is 12.7. The SMILES string of the molecule is C=CC(=O)Nc1nnc(-c2ccc(F)cc2)s1. The Balaban J connectivity index is 2.20. The molecule has 0 unspecified atom stereocenters. The van der Waals surface area contributed by atoms with E-state index in [1.165, 1.54) is 23.5 Å². The number of amides is 1. The van der Waals surface area contributed by atoms with Crippen molar-refractivity contribution in [3.63, 3.8) is 0 Å². The number of rotatable bonds is 3. The number of carbonyl (C=O) groups excluding carboxylic acids is 1. The molecule has 0 aliphatic carbocycles. The summed E-state index contributed by atoms with van der Waals surface area (Å²) in [5.41, 5.74) is 0.753. The summed E-state index contributed by atoms with van der Waals surface area (Å²) in [5.74, 6) is -0.648. The lowest BCUT2D eigenvalue weighted by Gasteiger charge is -1.94. The smallest absolute Gasteiger partial charge is 0.249 e. The highest BCUT2D eigenvalue weighted by molar-refractivity contribution is 7.18. The van der Waals surface area contributed by atoms with E-state index in [9.17, 15) is 9.18 Å². The summed E-state index contributed by atoms with van der Waals surface area (Å²) >= 11 is 1.21. The van der Waals surface area contributed by atoms with Crippen LogP contribution in [0.25, 0.3) is 10.6 Å². The first-order valence-electron chi connectivity index (χ1n) is 4.72. The molecule has 1 aromatic heterocycles. The number of nitrogens with one attached hydrogen (secondary N) is 1. The Morgan fingerprint density at radius 3 is 2.71 bits per heavy atom. The third-order valence-corrected chi connectivity index (χ3v) is 2.82. The molecule has 0 spiro atoms. The molecule has 0 saturated heterocycles. The highest BCUT2D eigenvalue weighted by Crippen LogP contribution is 2.26. The van der Waals surface area contributed by atoms with E-state index in [-0.39, 0.29) is 11.7 Å². The van der Waals surface area contributed by atoms with E-state index in [0.29, 0.717) is 10.1 Å². The van der Waals surface area contributed by atoms with Crippen LogP contribution in [0.2, 0.25) is 0 Å². The van der Waals surface area contributed by atoms with E-state index >= 15 is 0 Å². The number of benzene rings is 1. The van der Waals surface area contributed by atoms with Gasteiger partial charge in [0.2, 0.25) is 11.0 Å². The van der Waals surface area contributed by atoms with Gasteiger partial charge in [-0.05, 0) is 30.3 Å². The zero-order valence-corrected chi connectivity index (χ0v) is 9.50. The summed E-state index contributed by atoms with van der Waals surface area (Å²) in [5, 5.41) is 11.2. The lowest BCUT2D eigenvalue weighted by Crippen LogP contribution is -2.06. The molecule has 4 nitrogen and oxygen atoms in total. The van der Waals surface area contributed by atoms with Crippen LogP contribution in [0.15, 0.2) is 36.9 Å². The molecule has 2 rings (SSSR count). The van der Waals surface area contributed by atoms with Crippen molar-refractivity contribution in [1.29, 1.82) is 0 Å². The molecule has 17 heavy (non-hydrogen) atoms. The van der Waals surface area contributed by atoms with Crippen molar-refractivity contribution in [1.82, 2.24) is 10.2 Å². The second-order valence-electron chi connectivity index (χ2n) is 3.11. The van der Waals surface area contributed by atoms with E-state index in [4.69, 9.17) is 0 Å². The summed E-state index contributed by atoms with van der Waals surface area (Å²) in [6.45, 7) is 3.33. The van der Waals surface area contributed by atoms with Crippen LogP contribution in [-0.4, -0.2) is 16.1 Å². The van der Waals surface area contributed by atoms with Gasteiger partial charge in [-0.1, -0.05) is 17.9 Å². The lowest BCUT2D eigenvalue weighted by atomic mass is 10.2. The van der Waals surface area contributed by atoms with Crippen LogP contribution in [-0.2, 0) is 4.79 Å². The van der Waals surface area contributed by atoms with Gasteiger partial charge in [0, 0.05) is 5.56 Å². The second-order valence-corrected chi connectivity index (χ2v) is 4.09. The summed E-state index contributed by atoms with van der Waals surface area (Å²) in [4.78, 5) is 11.0. The van der Waals surface area contributed by atoms with Gasteiger partial charge < -0.3 is 0 Å². The number of anilines is 1. The average molecular weight is 249 g/mol. The first-order chi connectivity index (χ1) is 8.19. The Kier molecular flexibility index (Phi) is 3.24. The van der Waals surface area contributed by atoms with Crippen molar-refractivity contribution in [2.75, 3.05) is 5.32 Å². The van der Waals surface area contributed by atoms with Crippen molar-refractivity contribution in [2.24, 2.45) is 0 Å². The van der Waals surface area contributed by atoms with Crippen LogP contribution in [0.4, 0.5) is 9.52 Å². The summed E-state index contributed by atoms with van der Waals surface area (Å²) in [6, 6.07) is 5.90. The van der Waals surface area contributed by atoms with Gasteiger partial charge in [-0.25, -0.2) is 4.39 Å². The number of nitrogens with zero attached hydrogens (tertiary/aromatic N) is 2. The molecule has 0 radical (unpaired) electrons. The molecule has 0 aliphatic heterocycles. The lowest BCUT2D eigenvalue weighted by molar-refractivity contribution is -0.111. The van der Waals surface area contributed by atoms with Gasteiger partial charge in [0.05, 0.1) is 0 Å². The molecule has 1 amide bonds. The van der Waals surface area contributed by atoms with Gasteiger partial charge in [-0.2, -0.15) is 0 Å². The van der Waals surface area contributed by atoms with E-state index in [1.54, 1.807) is 12.1 Å². The van der Waals surface area contributed by atoms with Crippen LogP contribution in [0.5, 0.6) is 0 Å². The number of hydrogen-bond donors (Lipinski definition) is 1. The molecular weight excluding hydrogens is 241 g/mol. The monoisotopic (exact) mass is 249 g/mol. The summed E-state index contributed by atoms with van der Waals surface area (Å²) < 4.78 is 12.7. The predicted molar refractivity (Wildman–Crippen MR) is 64.1 cm³/mol. The number of halogens is 1. The Morgan fingerprint density at radius 1 is 1.35 bits per heavy atom. The fourth-order valence-electron chi connectivity index (χ4n) is 1.14. The number of hydrogen-bond acceptors (Lipinski definition) is 4. The second kappa shape index (κ2) is 4.84. The molecule has 2 aromatic rings. The van der Waals surface area contributed by atoms with Crippen molar-refractivity contribution in [2.45, 2.75) is 0 Å². The Labute approximate surface area is 101 Å². The fraction of sp³-hybridized carbons (Fsp3) is 0. The molecule has 86 valence electrons. The maximum absolute atomic E-state index is 12.7. The van der Waals surface area contributed by atoms with Crippen molar-refractivity contribution >= 4 is 22.4 Å². The van der Waals surface area contributed by atoms with Crippen molar-refractivity contribution in [3.8, 4) is 10.6 Å². The minimum absolute atomic E-state index is 0.307. The first kappa shape index (κ1) is 11.4.